The maximum Gasteiger partial charge on any atom is 0.334 e. The number of ether oxygens (including phenoxy) is 1. The fourth-order valence-electron chi connectivity index (χ4n) is 4.84. The Balaban J connectivity index is 2.38. The lowest BCUT2D eigenvalue weighted by molar-refractivity contribution is 0.187. The summed E-state index contributed by atoms with van der Waals surface area (Å²) in [5, 5.41) is 0. The van der Waals surface area contributed by atoms with E-state index in [0.717, 1.165) is 43.6 Å². The quantitative estimate of drug-likeness (QED) is 0.133. The lowest BCUT2D eigenvalue weighted by Crippen LogP contribution is -2.38. The Kier molecular flexibility index (Phi) is 15.7. The molecule has 0 spiro atoms. The van der Waals surface area contributed by atoms with Crippen LogP contribution in [0.1, 0.15) is 112 Å². The zero-order valence-electron chi connectivity index (χ0n) is 21.3. The fraction of sp³-hybridized carbons (Fsp3) is 1.00. The Morgan fingerprint density at radius 1 is 0.833 bits per heavy atom. The van der Waals surface area contributed by atoms with Gasteiger partial charge in [-0.25, -0.2) is 0 Å². The molecule has 0 amide bonds. The molecule has 1 aliphatic heterocycles. The minimum Gasteiger partial charge on any atom is -0.395 e. The van der Waals surface area contributed by atoms with Gasteiger partial charge in [0, 0.05) is 13.2 Å². The van der Waals surface area contributed by atoms with Crippen LogP contribution in [0.15, 0.2) is 0 Å². The third-order valence-corrected chi connectivity index (χ3v) is 10.2. The van der Waals surface area contributed by atoms with Crippen molar-refractivity contribution in [3.63, 3.8) is 0 Å². The molecule has 0 aliphatic carbocycles. The molecule has 0 bridgehead atoms. The average Bonchev–Trinajstić information content (AvgIpc) is 3.54. The smallest absolute Gasteiger partial charge is 0.334 e. The molecule has 0 aromatic rings. The molecule has 0 N–H and O–H groups in total. The van der Waals surface area contributed by atoms with Crippen LogP contribution in [0.2, 0.25) is 12.6 Å². The lowest BCUT2D eigenvalue weighted by Gasteiger charge is -2.27. The minimum atomic E-state index is -1.94. The molecule has 4 atom stereocenters. The Morgan fingerprint density at radius 2 is 1.47 bits per heavy atom. The first-order valence-corrected chi connectivity index (χ1v) is 15.9. The van der Waals surface area contributed by atoms with Gasteiger partial charge in [-0.3, -0.25) is 0 Å². The summed E-state index contributed by atoms with van der Waals surface area (Å²) < 4.78 is 17.6. The van der Waals surface area contributed by atoms with E-state index >= 15 is 0 Å². The predicted molar refractivity (Wildman–Crippen MR) is 132 cm³/mol. The highest BCUT2D eigenvalue weighted by Gasteiger charge is 2.30. The second kappa shape index (κ2) is 16.7. The third kappa shape index (κ3) is 13.5. The molecule has 0 saturated carbocycles. The maximum atomic E-state index is 6.03. The van der Waals surface area contributed by atoms with Crippen LogP contribution < -0.4 is 0 Å². The average molecular weight is 443 g/mol. The molecule has 0 radical (unpaired) electrons. The summed E-state index contributed by atoms with van der Waals surface area (Å²) in [5.74, 6) is 2.66. The first kappa shape index (κ1) is 28.1. The van der Waals surface area contributed by atoms with Gasteiger partial charge in [0.05, 0.1) is 12.7 Å². The van der Waals surface area contributed by atoms with Gasteiger partial charge in [0.25, 0.3) is 0 Å². The van der Waals surface area contributed by atoms with Crippen LogP contribution in [-0.4, -0.2) is 34.5 Å². The molecule has 1 fully saturated rings. The number of hydrogen-bond donors (Lipinski definition) is 0. The van der Waals surface area contributed by atoms with E-state index in [1.165, 1.54) is 77.0 Å². The summed E-state index contributed by atoms with van der Waals surface area (Å²) in [6, 6.07) is 1.14. The highest BCUT2D eigenvalue weighted by Crippen LogP contribution is 2.31. The van der Waals surface area contributed by atoms with Gasteiger partial charge in [-0.1, -0.05) is 85.0 Å². The first-order chi connectivity index (χ1) is 14.5. The fourth-order valence-corrected chi connectivity index (χ4v) is 7.28. The Bertz CT molecular complexity index is 394. The number of epoxide rings is 1. The first-order valence-electron chi connectivity index (χ1n) is 13.4. The normalized spacial score (nSPS) is 19.6. The monoisotopic (exact) mass is 442 g/mol. The molecule has 1 heterocycles. The SMILES string of the molecule is CCCCC(C)CCC(CCC(CC)CCC[Si](C)(OCC)OCC)CCC1CO1. The van der Waals surface area contributed by atoms with Gasteiger partial charge in [0.1, 0.15) is 0 Å². The summed E-state index contributed by atoms with van der Waals surface area (Å²) >= 11 is 0. The molecular formula is C26H54O3Si. The van der Waals surface area contributed by atoms with E-state index in [1.807, 2.05) is 0 Å². The largest absolute Gasteiger partial charge is 0.395 e. The van der Waals surface area contributed by atoms with Crippen molar-refractivity contribution in [3.8, 4) is 0 Å². The highest BCUT2D eigenvalue weighted by molar-refractivity contribution is 6.66. The summed E-state index contributed by atoms with van der Waals surface area (Å²) in [7, 11) is -1.94. The van der Waals surface area contributed by atoms with Crippen molar-refractivity contribution in [1.82, 2.24) is 0 Å². The van der Waals surface area contributed by atoms with E-state index in [0.29, 0.717) is 6.10 Å². The van der Waals surface area contributed by atoms with Gasteiger partial charge in [0.2, 0.25) is 0 Å². The van der Waals surface area contributed by atoms with Gasteiger partial charge in [-0.05, 0) is 57.0 Å². The zero-order valence-corrected chi connectivity index (χ0v) is 22.3. The minimum absolute atomic E-state index is 0.590. The molecule has 0 aromatic carbocycles. The van der Waals surface area contributed by atoms with Gasteiger partial charge in [-0.15, -0.1) is 0 Å². The Labute approximate surface area is 190 Å². The predicted octanol–water partition coefficient (Wildman–Crippen LogP) is 8.12. The summed E-state index contributed by atoms with van der Waals surface area (Å²) in [4.78, 5) is 0. The van der Waals surface area contributed by atoms with Crippen molar-refractivity contribution in [2.45, 2.75) is 130 Å². The Hall–Kier alpha value is 0.0969. The third-order valence-electron chi connectivity index (χ3n) is 7.12. The van der Waals surface area contributed by atoms with Crippen molar-refractivity contribution >= 4 is 8.56 Å². The van der Waals surface area contributed by atoms with Crippen molar-refractivity contribution in [3.05, 3.63) is 0 Å². The number of unbranched alkanes of at least 4 members (excludes halogenated alkanes) is 1. The number of rotatable bonds is 21. The molecule has 1 saturated heterocycles. The van der Waals surface area contributed by atoms with Gasteiger partial charge >= 0.3 is 8.56 Å². The standard InChI is InChI=1S/C26H54O3Si/c1-7-11-13-23(5)15-16-25(19-20-26-22-27-26)18-17-24(8-2)14-12-21-30(6,28-9-3)29-10-4/h23-26H,7-22H2,1-6H3. The number of hydrogen-bond acceptors (Lipinski definition) is 3. The van der Waals surface area contributed by atoms with Crippen LogP contribution in [0.5, 0.6) is 0 Å². The Morgan fingerprint density at radius 3 is 2.03 bits per heavy atom. The van der Waals surface area contributed by atoms with E-state index < -0.39 is 8.56 Å². The molecule has 180 valence electrons. The summed E-state index contributed by atoms with van der Waals surface area (Å²) in [5.41, 5.74) is 0. The van der Waals surface area contributed by atoms with Crippen molar-refractivity contribution in [2.75, 3.05) is 19.8 Å². The van der Waals surface area contributed by atoms with E-state index in [9.17, 15) is 0 Å². The molecular weight excluding hydrogens is 388 g/mol. The van der Waals surface area contributed by atoms with Crippen LogP contribution in [0.25, 0.3) is 0 Å². The summed E-state index contributed by atoms with van der Waals surface area (Å²) in [6.07, 6.45) is 17.0. The topological polar surface area (TPSA) is 31.0 Å². The van der Waals surface area contributed by atoms with E-state index in [4.69, 9.17) is 13.6 Å². The molecule has 0 aromatic heterocycles. The van der Waals surface area contributed by atoms with Crippen molar-refractivity contribution in [1.29, 1.82) is 0 Å². The van der Waals surface area contributed by atoms with Crippen LogP contribution in [0.4, 0.5) is 0 Å². The molecule has 1 aliphatic rings. The van der Waals surface area contributed by atoms with Crippen LogP contribution >= 0.6 is 0 Å². The van der Waals surface area contributed by atoms with Crippen LogP contribution in [0.3, 0.4) is 0 Å². The molecule has 1 rings (SSSR count). The highest BCUT2D eigenvalue weighted by atomic mass is 28.4. The molecule has 4 unspecified atom stereocenters. The van der Waals surface area contributed by atoms with Gasteiger partial charge in [0.15, 0.2) is 0 Å². The van der Waals surface area contributed by atoms with Crippen LogP contribution in [-0.2, 0) is 13.6 Å². The van der Waals surface area contributed by atoms with E-state index in [2.05, 4.69) is 41.2 Å². The summed E-state index contributed by atoms with van der Waals surface area (Å²) in [6.45, 7) is 16.2. The molecule has 3 nitrogen and oxygen atoms in total. The van der Waals surface area contributed by atoms with E-state index in [-0.39, 0.29) is 0 Å². The second-order valence-electron chi connectivity index (χ2n) is 9.97. The maximum absolute atomic E-state index is 6.03. The van der Waals surface area contributed by atoms with Gasteiger partial charge in [-0.2, -0.15) is 0 Å². The lowest BCUT2D eigenvalue weighted by atomic mass is 9.84. The van der Waals surface area contributed by atoms with Crippen LogP contribution in [0, 0.1) is 17.8 Å². The zero-order chi connectivity index (χ0) is 22.2. The van der Waals surface area contributed by atoms with Gasteiger partial charge < -0.3 is 13.6 Å². The molecule has 30 heavy (non-hydrogen) atoms. The van der Waals surface area contributed by atoms with Crippen molar-refractivity contribution in [2.24, 2.45) is 17.8 Å². The second-order valence-corrected chi connectivity index (χ2v) is 13.3. The molecule has 4 heteroatoms. The van der Waals surface area contributed by atoms with E-state index in [1.54, 1.807) is 0 Å². The van der Waals surface area contributed by atoms with Crippen molar-refractivity contribution < 1.29 is 13.6 Å².